The third-order valence-electron chi connectivity index (χ3n) is 2.96. The van der Waals surface area contributed by atoms with Gasteiger partial charge >= 0.3 is 0 Å². The molecule has 2 rings (SSSR count). The normalized spacial score (nSPS) is 15.2. The van der Waals surface area contributed by atoms with Gasteiger partial charge in [-0.25, -0.2) is 5.43 Å². The number of hydrogen-bond acceptors (Lipinski definition) is 3. The van der Waals surface area contributed by atoms with Gasteiger partial charge in [0.2, 0.25) is 5.91 Å². The number of nitrogens with one attached hydrogen (secondary N) is 1. The lowest BCUT2D eigenvalue weighted by Gasteiger charge is -2.16. The van der Waals surface area contributed by atoms with Crippen molar-refractivity contribution < 1.29 is 9.53 Å². The van der Waals surface area contributed by atoms with Crippen molar-refractivity contribution in [1.29, 1.82) is 0 Å². The fourth-order valence-corrected chi connectivity index (χ4v) is 1.99. The molecule has 0 saturated carbocycles. The second-order valence-electron chi connectivity index (χ2n) is 4.23. The van der Waals surface area contributed by atoms with Crippen LogP contribution in [0.15, 0.2) is 17.2 Å². The van der Waals surface area contributed by atoms with Crippen molar-refractivity contribution >= 4 is 11.6 Å². The Kier molecular flexibility index (Phi) is 3.13. The first-order valence-electron chi connectivity index (χ1n) is 5.63. The molecule has 0 atom stereocenters. The van der Waals surface area contributed by atoms with Crippen LogP contribution in [0.25, 0.3) is 0 Å². The summed E-state index contributed by atoms with van der Waals surface area (Å²) in [5.41, 5.74) is 6.74. The summed E-state index contributed by atoms with van der Waals surface area (Å²) in [5.74, 6) is 0.864. The zero-order chi connectivity index (χ0) is 12.4. The number of ether oxygens (including phenoxy) is 1. The summed E-state index contributed by atoms with van der Waals surface area (Å²) in [7, 11) is 1.67. The van der Waals surface area contributed by atoms with Gasteiger partial charge in [-0.1, -0.05) is 0 Å². The van der Waals surface area contributed by atoms with Crippen molar-refractivity contribution in [2.45, 2.75) is 26.7 Å². The molecular weight excluding hydrogens is 216 g/mol. The molecule has 1 aromatic carbocycles. The molecule has 0 aromatic heterocycles. The quantitative estimate of drug-likeness (QED) is 0.847. The van der Waals surface area contributed by atoms with E-state index in [1.807, 2.05) is 19.9 Å². The average molecular weight is 232 g/mol. The van der Waals surface area contributed by atoms with Gasteiger partial charge in [0.05, 0.1) is 12.8 Å². The van der Waals surface area contributed by atoms with Crippen LogP contribution in [0.3, 0.4) is 0 Å². The van der Waals surface area contributed by atoms with Gasteiger partial charge in [-0.05, 0) is 37.1 Å². The third-order valence-corrected chi connectivity index (χ3v) is 2.96. The molecule has 4 nitrogen and oxygen atoms in total. The largest absolute Gasteiger partial charge is 0.496 e. The molecule has 1 aliphatic rings. The van der Waals surface area contributed by atoms with Gasteiger partial charge in [-0.15, -0.1) is 0 Å². The highest BCUT2D eigenvalue weighted by molar-refractivity contribution is 6.05. The van der Waals surface area contributed by atoms with Crippen molar-refractivity contribution in [3.63, 3.8) is 0 Å². The van der Waals surface area contributed by atoms with Gasteiger partial charge in [0, 0.05) is 18.4 Å². The Bertz CT molecular complexity index is 492. The first-order valence-corrected chi connectivity index (χ1v) is 5.63. The predicted molar refractivity (Wildman–Crippen MR) is 66.4 cm³/mol. The van der Waals surface area contributed by atoms with Crippen LogP contribution in [0.5, 0.6) is 5.75 Å². The molecule has 1 aromatic rings. The summed E-state index contributed by atoms with van der Waals surface area (Å²) < 4.78 is 5.28. The molecule has 1 aliphatic heterocycles. The Hall–Kier alpha value is -1.84. The van der Waals surface area contributed by atoms with Crippen LogP contribution in [-0.4, -0.2) is 18.7 Å². The molecule has 1 N–H and O–H groups in total. The van der Waals surface area contributed by atoms with E-state index in [2.05, 4.69) is 16.6 Å². The summed E-state index contributed by atoms with van der Waals surface area (Å²) in [6.07, 6.45) is 1.20. The maximum atomic E-state index is 11.1. The number of aryl methyl sites for hydroxylation is 2. The van der Waals surface area contributed by atoms with Crippen LogP contribution in [-0.2, 0) is 4.79 Å². The third kappa shape index (κ3) is 2.30. The lowest BCUT2D eigenvalue weighted by Crippen LogP contribution is -2.26. The molecule has 0 bridgehead atoms. The summed E-state index contributed by atoms with van der Waals surface area (Å²) in [6.45, 7) is 4.03. The minimum absolute atomic E-state index is 0.0170. The number of carbonyl (C=O) groups is 1. The van der Waals surface area contributed by atoms with Crippen molar-refractivity contribution in [1.82, 2.24) is 5.43 Å². The van der Waals surface area contributed by atoms with Crippen LogP contribution in [0.1, 0.15) is 29.5 Å². The number of hydrogen-bond donors (Lipinski definition) is 1. The highest BCUT2D eigenvalue weighted by atomic mass is 16.5. The molecule has 0 fully saturated rings. The van der Waals surface area contributed by atoms with E-state index in [1.165, 1.54) is 0 Å². The first-order chi connectivity index (χ1) is 8.11. The molecule has 17 heavy (non-hydrogen) atoms. The van der Waals surface area contributed by atoms with Crippen molar-refractivity contribution in [3.8, 4) is 5.75 Å². The van der Waals surface area contributed by atoms with Gasteiger partial charge in [-0.3, -0.25) is 4.79 Å². The molecule has 0 aliphatic carbocycles. The van der Waals surface area contributed by atoms with E-state index in [-0.39, 0.29) is 5.91 Å². The maximum Gasteiger partial charge on any atom is 0.240 e. The topological polar surface area (TPSA) is 50.7 Å². The molecular formula is C13H16N2O2. The van der Waals surface area contributed by atoms with E-state index >= 15 is 0 Å². The standard InChI is InChI=1S/C13H16N2O2/c1-8-7-12(17-3)9(2)6-10(8)11-4-5-13(16)15-14-11/h6-7H,4-5H2,1-3H3,(H,15,16). The minimum atomic E-state index is -0.0170. The fraction of sp³-hybridized carbons (Fsp3) is 0.385. The van der Waals surface area contributed by atoms with Crippen LogP contribution < -0.4 is 10.2 Å². The number of rotatable bonds is 2. The molecule has 4 heteroatoms. The van der Waals surface area contributed by atoms with Crippen LogP contribution in [0.4, 0.5) is 0 Å². The van der Waals surface area contributed by atoms with Gasteiger partial charge in [-0.2, -0.15) is 5.10 Å². The van der Waals surface area contributed by atoms with Crippen LogP contribution in [0, 0.1) is 13.8 Å². The van der Waals surface area contributed by atoms with E-state index in [1.54, 1.807) is 7.11 Å². The molecule has 1 amide bonds. The van der Waals surface area contributed by atoms with Crippen molar-refractivity contribution in [2.75, 3.05) is 7.11 Å². The smallest absolute Gasteiger partial charge is 0.240 e. The summed E-state index contributed by atoms with van der Waals surface area (Å²) >= 11 is 0. The number of nitrogens with zero attached hydrogens (tertiary/aromatic N) is 1. The Balaban J connectivity index is 2.39. The zero-order valence-corrected chi connectivity index (χ0v) is 10.3. The second kappa shape index (κ2) is 4.57. The number of methoxy groups -OCH3 is 1. The highest BCUT2D eigenvalue weighted by Gasteiger charge is 2.16. The van der Waals surface area contributed by atoms with E-state index < -0.39 is 0 Å². The predicted octanol–water partition coefficient (Wildman–Crippen LogP) is 1.93. The van der Waals surface area contributed by atoms with Gasteiger partial charge in [0.15, 0.2) is 0 Å². The van der Waals surface area contributed by atoms with Crippen molar-refractivity contribution in [2.24, 2.45) is 5.10 Å². The van der Waals surface area contributed by atoms with Gasteiger partial charge < -0.3 is 4.74 Å². The number of hydrazone groups is 1. The SMILES string of the molecule is COc1cc(C)c(C2=NNC(=O)CC2)cc1C. The highest BCUT2D eigenvalue weighted by Crippen LogP contribution is 2.24. The Morgan fingerprint density at radius 1 is 1.24 bits per heavy atom. The second-order valence-corrected chi connectivity index (χ2v) is 4.23. The minimum Gasteiger partial charge on any atom is -0.496 e. The summed E-state index contributed by atoms with van der Waals surface area (Å²) in [6, 6.07) is 4.06. The summed E-state index contributed by atoms with van der Waals surface area (Å²) in [4.78, 5) is 11.1. The number of amides is 1. The Morgan fingerprint density at radius 2 is 2.00 bits per heavy atom. The van der Waals surface area contributed by atoms with E-state index in [4.69, 9.17) is 4.74 Å². The molecule has 90 valence electrons. The van der Waals surface area contributed by atoms with Crippen LogP contribution >= 0.6 is 0 Å². The van der Waals surface area contributed by atoms with Gasteiger partial charge in [0.1, 0.15) is 5.75 Å². The first kappa shape index (κ1) is 11.6. The number of benzene rings is 1. The fourth-order valence-electron chi connectivity index (χ4n) is 1.99. The number of carbonyl (C=O) groups excluding carboxylic acids is 1. The summed E-state index contributed by atoms with van der Waals surface area (Å²) in [5, 5.41) is 4.11. The average Bonchev–Trinajstić information content (AvgIpc) is 2.33. The molecule has 0 saturated heterocycles. The molecule has 0 spiro atoms. The van der Waals surface area contributed by atoms with Crippen LogP contribution in [0.2, 0.25) is 0 Å². The monoisotopic (exact) mass is 232 g/mol. The molecule has 0 radical (unpaired) electrons. The zero-order valence-electron chi connectivity index (χ0n) is 10.3. The molecule has 1 heterocycles. The Morgan fingerprint density at radius 3 is 2.59 bits per heavy atom. The Labute approximate surface area is 101 Å². The molecule has 0 unspecified atom stereocenters. The maximum absolute atomic E-state index is 11.1. The van der Waals surface area contributed by atoms with E-state index in [0.717, 1.165) is 28.2 Å². The van der Waals surface area contributed by atoms with Gasteiger partial charge in [0.25, 0.3) is 0 Å². The van der Waals surface area contributed by atoms with Crippen molar-refractivity contribution in [3.05, 3.63) is 28.8 Å². The lowest BCUT2D eigenvalue weighted by molar-refractivity contribution is -0.121. The lowest BCUT2D eigenvalue weighted by atomic mass is 9.97. The van der Waals surface area contributed by atoms with E-state index in [0.29, 0.717) is 12.8 Å². The van der Waals surface area contributed by atoms with E-state index in [9.17, 15) is 4.79 Å².